The van der Waals surface area contributed by atoms with Crippen LogP contribution in [0.1, 0.15) is 16.8 Å². The van der Waals surface area contributed by atoms with E-state index in [4.69, 9.17) is 5.11 Å². The van der Waals surface area contributed by atoms with Crippen LogP contribution < -0.4 is 10.2 Å². The van der Waals surface area contributed by atoms with E-state index in [0.717, 1.165) is 0 Å². The van der Waals surface area contributed by atoms with E-state index in [9.17, 15) is 14.0 Å². The van der Waals surface area contributed by atoms with Crippen LogP contribution in [0.3, 0.4) is 0 Å². The largest absolute Gasteiger partial charge is 0.478 e. The lowest BCUT2D eigenvalue weighted by molar-refractivity contribution is -0.119. The van der Waals surface area contributed by atoms with Crippen LogP contribution in [0.4, 0.5) is 10.1 Å². The van der Waals surface area contributed by atoms with Crippen molar-refractivity contribution in [3.63, 3.8) is 0 Å². The molecule has 18 heavy (non-hydrogen) atoms. The lowest BCUT2D eigenvalue weighted by Crippen LogP contribution is -2.34. The normalized spacial score (nSPS) is 16.1. The Hall–Kier alpha value is -2.11. The molecule has 6 heteroatoms. The SMILES string of the molecule is O=C1CN(c2c(F)cccc2C(=O)O)CCCN1. The molecule has 0 radical (unpaired) electrons. The van der Waals surface area contributed by atoms with Gasteiger partial charge in [-0.15, -0.1) is 0 Å². The summed E-state index contributed by atoms with van der Waals surface area (Å²) >= 11 is 0. The first-order chi connectivity index (χ1) is 8.59. The summed E-state index contributed by atoms with van der Waals surface area (Å²) < 4.78 is 13.8. The number of rotatable bonds is 2. The Kier molecular flexibility index (Phi) is 3.45. The highest BCUT2D eigenvalue weighted by Gasteiger charge is 2.23. The molecule has 96 valence electrons. The minimum Gasteiger partial charge on any atom is -0.478 e. The Morgan fingerprint density at radius 3 is 2.94 bits per heavy atom. The molecule has 1 aromatic rings. The molecule has 2 N–H and O–H groups in total. The molecule has 0 aromatic heterocycles. The lowest BCUT2D eigenvalue weighted by Gasteiger charge is -2.23. The molecular weight excluding hydrogens is 239 g/mol. The molecule has 0 spiro atoms. The molecule has 1 fully saturated rings. The van der Waals surface area contributed by atoms with E-state index in [0.29, 0.717) is 19.5 Å². The number of para-hydroxylation sites is 1. The van der Waals surface area contributed by atoms with Gasteiger partial charge in [0, 0.05) is 13.1 Å². The van der Waals surface area contributed by atoms with Crippen molar-refractivity contribution in [2.24, 2.45) is 0 Å². The molecule has 1 heterocycles. The summed E-state index contributed by atoms with van der Waals surface area (Å²) in [6.07, 6.45) is 0.652. The van der Waals surface area contributed by atoms with Gasteiger partial charge >= 0.3 is 5.97 Å². The predicted molar refractivity (Wildman–Crippen MR) is 63.2 cm³/mol. The van der Waals surface area contributed by atoms with Gasteiger partial charge in [-0.3, -0.25) is 4.79 Å². The number of carboxylic acids is 1. The standard InChI is InChI=1S/C12H13FN2O3/c13-9-4-1-3-8(12(17)18)11(9)15-6-2-5-14-10(16)7-15/h1,3-4H,2,5-7H2,(H,14,16)(H,17,18). The molecule has 0 bridgehead atoms. The van der Waals surface area contributed by atoms with Gasteiger partial charge in [-0.25, -0.2) is 9.18 Å². The molecule has 1 saturated heterocycles. The number of halogens is 1. The molecule has 0 saturated carbocycles. The summed E-state index contributed by atoms with van der Waals surface area (Å²) in [4.78, 5) is 24.0. The number of hydrogen-bond donors (Lipinski definition) is 2. The summed E-state index contributed by atoms with van der Waals surface area (Å²) in [6.45, 7) is 0.938. The van der Waals surface area contributed by atoms with E-state index in [2.05, 4.69) is 5.32 Å². The fourth-order valence-corrected chi connectivity index (χ4v) is 2.01. The molecule has 1 amide bonds. The minimum absolute atomic E-state index is 0.0120. The quantitative estimate of drug-likeness (QED) is 0.818. The third kappa shape index (κ3) is 2.42. The topological polar surface area (TPSA) is 69.6 Å². The molecule has 1 aliphatic heterocycles. The summed E-state index contributed by atoms with van der Waals surface area (Å²) in [7, 11) is 0. The fourth-order valence-electron chi connectivity index (χ4n) is 2.01. The fraction of sp³-hybridized carbons (Fsp3) is 0.333. The first-order valence-corrected chi connectivity index (χ1v) is 5.63. The molecule has 0 aliphatic carbocycles. The highest BCUT2D eigenvalue weighted by Crippen LogP contribution is 2.25. The maximum Gasteiger partial charge on any atom is 0.337 e. The second-order valence-electron chi connectivity index (χ2n) is 4.07. The van der Waals surface area contributed by atoms with E-state index in [1.54, 1.807) is 0 Å². The van der Waals surface area contributed by atoms with Crippen LogP contribution in [0.25, 0.3) is 0 Å². The van der Waals surface area contributed by atoms with Crippen LogP contribution >= 0.6 is 0 Å². The van der Waals surface area contributed by atoms with Crippen LogP contribution in [0.5, 0.6) is 0 Å². The van der Waals surface area contributed by atoms with Crippen molar-refractivity contribution < 1.29 is 19.1 Å². The van der Waals surface area contributed by atoms with Crippen molar-refractivity contribution >= 4 is 17.6 Å². The van der Waals surface area contributed by atoms with Gasteiger partial charge in [0.05, 0.1) is 17.8 Å². The highest BCUT2D eigenvalue weighted by molar-refractivity contribution is 5.95. The van der Waals surface area contributed by atoms with E-state index in [1.807, 2.05) is 0 Å². The van der Waals surface area contributed by atoms with Crippen molar-refractivity contribution in [3.8, 4) is 0 Å². The summed E-state index contributed by atoms with van der Waals surface area (Å²) in [5.74, 6) is -2.05. The maximum atomic E-state index is 13.8. The Bertz CT molecular complexity index is 490. The maximum absolute atomic E-state index is 13.8. The lowest BCUT2D eigenvalue weighted by atomic mass is 10.1. The smallest absolute Gasteiger partial charge is 0.337 e. The average Bonchev–Trinajstić information content (AvgIpc) is 2.53. The number of hydrogen-bond acceptors (Lipinski definition) is 3. The van der Waals surface area contributed by atoms with Gasteiger partial charge in [0.1, 0.15) is 5.82 Å². The van der Waals surface area contributed by atoms with Crippen LogP contribution in [-0.4, -0.2) is 36.6 Å². The summed E-state index contributed by atoms with van der Waals surface area (Å²) in [5.41, 5.74) is -0.133. The van der Waals surface area contributed by atoms with E-state index >= 15 is 0 Å². The third-order valence-electron chi connectivity index (χ3n) is 2.79. The Morgan fingerprint density at radius 1 is 1.44 bits per heavy atom. The number of aromatic carboxylic acids is 1. The van der Waals surface area contributed by atoms with Gasteiger partial charge in [0.25, 0.3) is 0 Å². The van der Waals surface area contributed by atoms with Crippen molar-refractivity contribution in [2.75, 3.05) is 24.5 Å². The van der Waals surface area contributed by atoms with Crippen molar-refractivity contribution in [1.82, 2.24) is 5.32 Å². The molecule has 5 nitrogen and oxygen atoms in total. The molecular formula is C12H13FN2O3. The van der Waals surface area contributed by atoms with E-state index < -0.39 is 11.8 Å². The summed E-state index contributed by atoms with van der Waals surface area (Å²) in [6, 6.07) is 3.88. The number of nitrogens with one attached hydrogen (secondary N) is 1. The van der Waals surface area contributed by atoms with Crippen LogP contribution in [0.2, 0.25) is 0 Å². The average molecular weight is 252 g/mol. The first-order valence-electron chi connectivity index (χ1n) is 5.63. The van der Waals surface area contributed by atoms with Crippen molar-refractivity contribution in [2.45, 2.75) is 6.42 Å². The van der Waals surface area contributed by atoms with Gasteiger partial charge < -0.3 is 15.3 Å². The number of carboxylic acid groups (broad SMARTS) is 1. The summed E-state index contributed by atoms with van der Waals surface area (Å²) in [5, 5.41) is 11.7. The van der Waals surface area contributed by atoms with Crippen molar-refractivity contribution in [3.05, 3.63) is 29.6 Å². The second kappa shape index (κ2) is 5.03. The van der Waals surface area contributed by atoms with Gasteiger partial charge in [-0.1, -0.05) is 6.07 Å². The predicted octanol–water partition coefficient (Wildman–Crippen LogP) is 0.850. The molecule has 2 rings (SSSR count). The molecule has 1 aromatic carbocycles. The van der Waals surface area contributed by atoms with E-state index in [-0.39, 0.29) is 23.7 Å². The second-order valence-corrected chi connectivity index (χ2v) is 4.07. The van der Waals surface area contributed by atoms with Gasteiger partial charge in [0.15, 0.2) is 0 Å². The number of carbonyl (C=O) groups is 2. The zero-order valence-electron chi connectivity index (χ0n) is 9.65. The first kappa shape index (κ1) is 12.3. The number of anilines is 1. The zero-order chi connectivity index (χ0) is 13.1. The van der Waals surface area contributed by atoms with Crippen LogP contribution in [-0.2, 0) is 4.79 Å². The van der Waals surface area contributed by atoms with Gasteiger partial charge in [0.2, 0.25) is 5.91 Å². The Labute approximate surface area is 103 Å². The van der Waals surface area contributed by atoms with Crippen molar-refractivity contribution in [1.29, 1.82) is 0 Å². The van der Waals surface area contributed by atoms with Gasteiger partial charge in [-0.2, -0.15) is 0 Å². The Morgan fingerprint density at radius 2 is 2.22 bits per heavy atom. The monoisotopic (exact) mass is 252 g/mol. The minimum atomic E-state index is -1.20. The number of nitrogens with zero attached hydrogens (tertiary/aromatic N) is 1. The molecule has 0 unspecified atom stereocenters. The van der Waals surface area contributed by atoms with E-state index in [1.165, 1.54) is 23.1 Å². The zero-order valence-corrected chi connectivity index (χ0v) is 9.65. The third-order valence-corrected chi connectivity index (χ3v) is 2.79. The molecule has 0 atom stereocenters. The Balaban J connectivity index is 2.42. The molecule has 1 aliphatic rings. The number of carbonyl (C=O) groups excluding carboxylic acids is 1. The highest BCUT2D eigenvalue weighted by atomic mass is 19.1. The number of benzene rings is 1. The van der Waals surface area contributed by atoms with Crippen LogP contribution in [0.15, 0.2) is 18.2 Å². The van der Waals surface area contributed by atoms with Gasteiger partial charge in [-0.05, 0) is 18.6 Å². The van der Waals surface area contributed by atoms with Crippen LogP contribution in [0, 0.1) is 5.82 Å². The number of amides is 1.